The Hall–Kier alpha value is -2.44. The van der Waals surface area contributed by atoms with Crippen LogP contribution in [-0.2, 0) is 14.3 Å². The molecule has 0 heterocycles. The van der Waals surface area contributed by atoms with Crippen molar-refractivity contribution >= 4 is 11.9 Å². The van der Waals surface area contributed by atoms with E-state index >= 15 is 0 Å². The van der Waals surface area contributed by atoms with Crippen LogP contribution < -0.4 is 5.32 Å². The molecule has 3 unspecified atom stereocenters. The number of hydrogen-bond donors (Lipinski definition) is 3. The zero-order chi connectivity index (χ0) is 49.5. The number of rotatable bonds is 53. The van der Waals surface area contributed by atoms with Gasteiger partial charge in [-0.05, 0) is 96.3 Å². The third kappa shape index (κ3) is 50.0. The molecular weight excluding hydrogens is 839 g/mol. The van der Waals surface area contributed by atoms with E-state index in [1.165, 1.54) is 154 Å². The van der Waals surface area contributed by atoms with Crippen LogP contribution in [0.4, 0.5) is 0 Å². The molecule has 0 aliphatic rings. The molecule has 396 valence electrons. The summed E-state index contributed by atoms with van der Waals surface area (Å²) in [5.74, 6) is -0.505. The van der Waals surface area contributed by atoms with Crippen molar-refractivity contribution in [1.82, 2.24) is 5.32 Å². The summed E-state index contributed by atoms with van der Waals surface area (Å²) in [7, 11) is 0. The summed E-state index contributed by atoms with van der Waals surface area (Å²) < 4.78 is 5.95. The third-order valence-corrected chi connectivity index (χ3v) is 13.3. The van der Waals surface area contributed by atoms with E-state index in [1.54, 1.807) is 0 Å². The Bertz CT molecular complexity index is 1210. The third-order valence-electron chi connectivity index (χ3n) is 13.3. The van der Waals surface area contributed by atoms with Crippen molar-refractivity contribution in [2.45, 2.75) is 315 Å². The Morgan fingerprint density at radius 2 is 0.750 bits per heavy atom. The molecule has 3 N–H and O–H groups in total. The summed E-state index contributed by atoms with van der Waals surface area (Å²) >= 11 is 0. The maximum absolute atomic E-state index is 13.3. The average molecular weight is 953 g/mol. The molecule has 0 aliphatic heterocycles. The Morgan fingerprint density at radius 1 is 0.426 bits per heavy atom. The van der Waals surface area contributed by atoms with Gasteiger partial charge in [-0.1, -0.05) is 248 Å². The van der Waals surface area contributed by atoms with Crippen molar-refractivity contribution in [1.29, 1.82) is 0 Å². The van der Waals surface area contributed by atoms with E-state index < -0.39 is 18.2 Å². The molecule has 0 aromatic heterocycles. The van der Waals surface area contributed by atoms with Gasteiger partial charge in [0.1, 0.15) is 6.10 Å². The average Bonchev–Trinajstić information content (AvgIpc) is 3.33. The van der Waals surface area contributed by atoms with Crippen LogP contribution in [-0.4, -0.2) is 46.9 Å². The van der Waals surface area contributed by atoms with Crippen molar-refractivity contribution in [3.05, 3.63) is 60.8 Å². The Kier molecular flexibility index (Phi) is 53.5. The standard InChI is InChI=1S/C62H113NO5/c1-4-7-10-13-16-19-22-25-28-30-33-36-39-42-45-48-51-54-60(65)59(57-64)63-61(66)56-58(53-50-47-44-41-38-35-32-27-24-21-18-15-12-9-6-3)68-62(67)55-52-49-46-43-40-37-34-31-29-26-23-20-17-14-11-8-5-2/h17-18,20-21,26-27,29,32,34,37,58-60,64-65H,4-16,19,22-25,28,30-31,33,35-36,38-57H2,1-3H3,(H,63,66)/b20-17-,21-18-,29-26-,32-27-,37-34-. The molecular formula is C62H113NO5. The predicted octanol–water partition coefficient (Wildman–Crippen LogP) is 18.4. The second-order valence-corrected chi connectivity index (χ2v) is 20.0. The highest BCUT2D eigenvalue weighted by atomic mass is 16.5. The minimum atomic E-state index is -0.798. The molecule has 0 aliphatic carbocycles. The van der Waals surface area contributed by atoms with Gasteiger partial charge in [-0.15, -0.1) is 0 Å². The van der Waals surface area contributed by atoms with Crippen LogP contribution in [0.1, 0.15) is 297 Å². The normalized spacial score (nSPS) is 13.5. The van der Waals surface area contributed by atoms with Gasteiger partial charge in [-0.2, -0.15) is 0 Å². The number of carbonyl (C=O) groups is 2. The lowest BCUT2D eigenvalue weighted by molar-refractivity contribution is -0.151. The molecule has 3 atom stereocenters. The van der Waals surface area contributed by atoms with Crippen LogP contribution in [0.3, 0.4) is 0 Å². The Morgan fingerprint density at radius 3 is 1.16 bits per heavy atom. The molecule has 0 spiro atoms. The number of unbranched alkanes of at least 4 members (excludes halogenated alkanes) is 31. The van der Waals surface area contributed by atoms with Crippen LogP contribution >= 0.6 is 0 Å². The first kappa shape index (κ1) is 65.6. The maximum Gasteiger partial charge on any atom is 0.306 e. The number of aliphatic hydroxyl groups is 2. The van der Waals surface area contributed by atoms with Gasteiger partial charge in [-0.3, -0.25) is 9.59 Å². The van der Waals surface area contributed by atoms with Crippen molar-refractivity contribution in [3.8, 4) is 0 Å². The van der Waals surface area contributed by atoms with E-state index in [4.69, 9.17) is 4.74 Å². The summed E-state index contributed by atoms with van der Waals surface area (Å²) in [4.78, 5) is 26.3. The highest BCUT2D eigenvalue weighted by molar-refractivity contribution is 5.77. The van der Waals surface area contributed by atoms with Crippen molar-refractivity contribution in [2.75, 3.05) is 6.61 Å². The summed E-state index contributed by atoms with van der Waals surface area (Å²) in [5, 5.41) is 23.9. The van der Waals surface area contributed by atoms with E-state index in [-0.39, 0.29) is 24.9 Å². The number of aliphatic hydroxyl groups excluding tert-OH is 2. The first-order valence-corrected chi connectivity index (χ1v) is 29.5. The fourth-order valence-corrected chi connectivity index (χ4v) is 8.82. The first-order chi connectivity index (χ1) is 33.5. The van der Waals surface area contributed by atoms with Gasteiger partial charge in [-0.25, -0.2) is 0 Å². The smallest absolute Gasteiger partial charge is 0.306 e. The Balaban J connectivity index is 4.59. The number of hydrogen-bond acceptors (Lipinski definition) is 5. The molecule has 0 saturated carbocycles. The van der Waals surface area contributed by atoms with Gasteiger partial charge in [0.15, 0.2) is 0 Å². The summed E-state index contributed by atoms with van der Waals surface area (Å²) in [6.45, 7) is 6.45. The number of allylic oxidation sites excluding steroid dienone is 10. The molecule has 6 heteroatoms. The maximum atomic E-state index is 13.3. The highest BCUT2D eigenvalue weighted by Crippen LogP contribution is 2.18. The van der Waals surface area contributed by atoms with Crippen LogP contribution in [0.15, 0.2) is 60.8 Å². The lowest BCUT2D eigenvalue weighted by atomic mass is 10.0. The SMILES string of the molecule is CCCCC/C=C\C/C=C\C/C=C\CCCCCCC(=O)OC(CCCCCCC/C=C\C/C=C\CCCCC)CC(=O)NC(CO)C(O)CCCCCCCCCCCCCCCCCCC. The Labute approximate surface area is 422 Å². The van der Waals surface area contributed by atoms with Crippen LogP contribution in [0.25, 0.3) is 0 Å². The van der Waals surface area contributed by atoms with Crippen LogP contribution in [0, 0.1) is 0 Å². The second kappa shape index (κ2) is 55.5. The van der Waals surface area contributed by atoms with Gasteiger partial charge < -0.3 is 20.3 Å². The number of carbonyl (C=O) groups excluding carboxylic acids is 2. The van der Waals surface area contributed by atoms with Gasteiger partial charge in [0.2, 0.25) is 5.91 Å². The van der Waals surface area contributed by atoms with Crippen molar-refractivity contribution in [2.24, 2.45) is 0 Å². The van der Waals surface area contributed by atoms with E-state index in [1.807, 2.05) is 0 Å². The fourth-order valence-electron chi connectivity index (χ4n) is 8.82. The molecule has 0 radical (unpaired) electrons. The lowest BCUT2D eigenvalue weighted by Gasteiger charge is -2.24. The van der Waals surface area contributed by atoms with Gasteiger partial charge in [0.25, 0.3) is 0 Å². The van der Waals surface area contributed by atoms with Gasteiger partial charge in [0, 0.05) is 6.42 Å². The fraction of sp³-hybridized carbons (Fsp3) is 0.806. The molecule has 0 bridgehead atoms. The second-order valence-electron chi connectivity index (χ2n) is 20.0. The molecule has 0 aromatic rings. The summed E-state index contributed by atoms with van der Waals surface area (Å²) in [6, 6.07) is -0.714. The van der Waals surface area contributed by atoms with E-state index in [0.29, 0.717) is 19.3 Å². The zero-order valence-corrected chi connectivity index (χ0v) is 45.2. The summed E-state index contributed by atoms with van der Waals surface area (Å²) in [5.41, 5.74) is 0. The number of nitrogens with one attached hydrogen (secondary N) is 1. The zero-order valence-electron chi connectivity index (χ0n) is 45.2. The molecule has 6 nitrogen and oxygen atoms in total. The molecule has 1 amide bonds. The quantitative estimate of drug-likeness (QED) is 0.0321. The monoisotopic (exact) mass is 952 g/mol. The van der Waals surface area contributed by atoms with Gasteiger partial charge >= 0.3 is 5.97 Å². The molecule has 0 rings (SSSR count). The highest BCUT2D eigenvalue weighted by Gasteiger charge is 2.24. The number of ether oxygens (including phenoxy) is 1. The number of esters is 1. The van der Waals surface area contributed by atoms with Crippen molar-refractivity contribution < 1.29 is 24.5 Å². The van der Waals surface area contributed by atoms with Gasteiger partial charge in [0.05, 0.1) is 25.2 Å². The van der Waals surface area contributed by atoms with Crippen LogP contribution in [0.5, 0.6) is 0 Å². The van der Waals surface area contributed by atoms with E-state index in [2.05, 4.69) is 86.8 Å². The lowest BCUT2D eigenvalue weighted by Crippen LogP contribution is -2.46. The predicted molar refractivity (Wildman–Crippen MR) is 296 cm³/mol. The summed E-state index contributed by atoms with van der Waals surface area (Å²) in [6.07, 6.45) is 69.9. The molecule has 68 heavy (non-hydrogen) atoms. The van der Waals surface area contributed by atoms with E-state index in [9.17, 15) is 19.8 Å². The molecule has 0 saturated heterocycles. The van der Waals surface area contributed by atoms with Crippen LogP contribution in [0.2, 0.25) is 0 Å². The van der Waals surface area contributed by atoms with Crippen molar-refractivity contribution in [3.63, 3.8) is 0 Å². The van der Waals surface area contributed by atoms with E-state index in [0.717, 1.165) is 96.3 Å². The molecule has 0 fully saturated rings. The minimum absolute atomic E-state index is 0.0587. The topological polar surface area (TPSA) is 95.9 Å². The molecule has 0 aromatic carbocycles. The number of amides is 1. The first-order valence-electron chi connectivity index (χ1n) is 29.5. The minimum Gasteiger partial charge on any atom is -0.462 e. The largest absolute Gasteiger partial charge is 0.462 e.